The van der Waals surface area contributed by atoms with Crippen molar-refractivity contribution in [3.8, 4) is 0 Å². The largest absolute Gasteiger partial charge is 0.460 e. The smallest absolute Gasteiger partial charge is 0.207 e. The topological polar surface area (TPSA) is 0 Å². The first kappa shape index (κ1) is 24.7. The maximum absolute atomic E-state index is 14.1. The van der Waals surface area contributed by atoms with E-state index in [0.29, 0.717) is 0 Å². The molecule has 0 fully saturated rings. The molecule has 0 N–H and O–H groups in total. The van der Waals surface area contributed by atoms with Crippen molar-refractivity contribution in [2.45, 2.75) is 36.3 Å². The highest BCUT2D eigenvalue weighted by molar-refractivity contribution is 5.50. The molecule has 0 saturated heterocycles. The zero-order valence-corrected chi connectivity index (χ0v) is 15.2. The van der Waals surface area contributed by atoms with E-state index < -0.39 is 47.9 Å². The molecule has 0 aliphatic heterocycles. The molecule has 0 heterocycles. The molecule has 31 heavy (non-hydrogen) atoms. The third-order valence-corrected chi connectivity index (χ3v) is 4.38. The summed E-state index contributed by atoms with van der Waals surface area (Å²) in [6.07, 6.45) is -7.16. The standard InChI is InChI=1S/C20H13F11/c21-15-7-2-12(3-8-15)1-4-14(13-5-9-16(22)10-6-13)11-17(23,24)18(25,26)19(27,28)20(29,30)31/h1-10,14H,11H2/b4-1+. The molecule has 2 aromatic rings. The first-order valence-electron chi connectivity index (χ1n) is 8.48. The van der Waals surface area contributed by atoms with Crippen LogP contribution in [0.5, 0.6) is 0 Å². The molecule has 0 bridgehead atoms. The lowest BCUT2D eigenvalue weighted by Crippen LogP contribution is -2.61. The van der Waals surface area contributed by atoms with E-state index in [0.717, 1.165) is 48.6 Å². The summed E-state index contributed by atoms with van der Waals surface area (Å²) in [6, 6.07) is 7.66. The van der Waals surface area contributed by atoms with Crippen LogP contribution in [0.3, 0.4) is 0 Å². The van der Waals surface area contributed by atoms with Gasteiger partial charge in [-0.1, -0.05) is 36.4 Å². The Kier molecular flexibility index (Phi) is 6.77. The van der Waals surface area contributed by atoms with Crippen molar-refractivity contribution in [1.82, 2.24) is 0 Å². The van der Waals surface area contributed by atoms with E-state index in [-0.39, 0.29) is 11.1 Å². The molecule has 0 aliphatic rings. The van der Waals surface area contributed by atoms with E-state index in [1.165, 1.54) is 12.1 Å². The lowest BCUT2D eigenvalue weighted by atomic mass is 9.88. The van der Waals surface area contributed by atoms with Crippen molar-refractivity contribution >= 4 is 6.08 Å². The number of hydrogen-bond acceptors (Lipinski definition) is 0. The van der Waals surface area contributed by atoms with Crippen LogP contribution in [0.1, 0.15) is 23.5 Å². The van der Waals surface area contributed by atoms with Crippen molar-refractivity contribution in [1.29, 1.82) is 0 Å². The summed E-state index contributed by atoms with van der Waals surface area (Å²) in [4.78, 5) is 0. The minimum absolute atomic E-state index is 0.198. The molecule has 0 nitrogen and oxygen atoms in total. The van der Waals surface area contributed by atoms with E-state index in [1.807, 2.05) is 0 Å². The molecule has 0 aliphatic carbocycles. The summed E-state index contributed by atoms with van der Waals surface area (Å²) in [5.41, 5.74) is -0.0465. The molecule has 0 saturated carbocycles. The Morgan fingerprint density at radius 3 is 1.55 bits per heavy atom. The maximum Gasteiger partial charge on any atom is 0.460 e. The Morgan fingerprint density at radius 2 is 1.10 bits per heavy atom. The van der Waals surface area contributed by atoms with Gasteiger partial charge in [0.15, 0.2) is 0 Å². The molecule has 1 unspecified atom stereocenters. The van der Waals surface area contributed by atoms with Gasteiger partial charge in [0, 0.05) is 12.3 Å². The summed E-state index contributed by atoms with van der Waals surface area (Å²) < 4.78 is 145. The Labute approximate surface area is 169 Å². The average molecular weight is 462 g/mol. The monoisotopic (exact) mass is 462 g/mol. The maximum atomic E-state index is 14.1. The lowest BCUT2D eigenvalue weighted by molar-refractivity contribution is -0.396. The van der Waals surface area contributed by atoms with Gasteiger partial charge in [-0.2, -0.15) is 39.5 Å². The number of alkyl halides is 9. The summed E-state index contributed by atoms with van der Waals surface area (Å²) in [5, 5.41) is 0. The third kappa shape index (κ3) is 5.19. The number of hydrogen-bond donors (Lipinski definition) is 0. The quantitative estimate of drug-likeness (QED) is 0.372. The molecule has 0 radical (unpaired) electrons. The van der Waals surface area contributed by atoms with Crippen LogP contribution in [0.15, 0.2) is 54.6 Å². The van der Waals surface area contributed by atoms with Gasteiger partial charge < -0.3 is 0 Å². The van der Waals surface area contributed by atoms with Crippen molar-refractivity contribution in [2.24, 2.45) is 0 Å². The molecule has 2 rings (SSSR count). The summed E-state index contributed by atoms with van der Waals surface area (Å²) in [6.45, 7) is 0. The number of rotatable bonds is 7. The number of benzene rings is 2. The third-order valence-electron chi connectivity index (χ3n) is 4.38. The summed E-state index contributed by atoms with van der Waals surface area (Å²) >= 11 is 0. The predicted molar refractivity (Wildman–Crippen MR) is 90.1 cm³/mol. The van der Waals surface area contributed by atoms with Crippen molar-refractivity contribution in [2.75, 3.05) is 0 Å². The molecular formula is C20H13F11. The van der Waals surface area contributed by atoms with Gasteiger partial charge >= 0.3 is 23.9 Å². The van der Waals surface area contributed by atoms with Crippen LogP contribution >= 0.6 is 0 Å². The first-order valence-corrected chi connectivity index (χ1v) is 8.48. The summed E-state index contributed by atoms with van der Waals surface area (Å²) in [7, 11) is 0. The highest BCUT2D eigenvalue weighted by atomic mass is 19.4. The van der Waals surface area contributed by atoms with Gasteiger partial charge in [0.2, 0.25) is 0 Å². The Balaban J connectivity index is 2.43. The van der Waals surface area contributed by atoms with Crippen molar-refractivity contribution in [3.63, 3.8) is 0 Å². The summed E-state index contributed by atoms with van der Waals surface area (Å²) in [5.74, 6) is -22.9. The zero-order valence-electron chi connectivity index (χ0n) is 15.2. The SMILES string of the molecule is Fc1ccc(/C=C/C(CC(F)(F)C(F)(F)C(F)(F)C(F)(F)F)c2ccc(F)cc2)cc1. The minimum atomic E-state index is -7.00. The second-order valence-corrected chi connectivity index (χ2v) is 6.62. The average Bonchev–Trinajstić information content (AvgIpc) is 2.66. The van der Waals surface area contributed by atoms with E-state index in [4.69, 9.17) is 0 Å². The second kappa shape index (κ2) is 8.51. The Bertz CT molecular complexity index is 894. The highest BCUT2D eigenvalue weighted by Gasteiger charge is 2.81. The molecule has 170 valence electrons. The zero-order chi connectivity index (χ0) is 23.7. The number of allylic oxidation sites excluding steroid dienone is 1. The fraction of sp³-hybridized carbons (Fsp3) is 0.300. The fourth-order valence-corrected chi connectivity index (χ4v) is 2.62. The van der Waals surface area contributed by atoms with Crippen LogP contribution in [0.2, 0.25) is 0 Å². The Morgan fingerprint density at radius 1 is 0.645 bits per heavy atom. The number of halogens is 11. The van der Waals surface area contributed by atoms with E-state index in [2.05, 4.69) is 0 Å². The predicted octanol–water partition coefficient (Wildman–Crippen LogP) is 7.62. The van der Waals surface area contributed by atoms with Gasteiger partial charge in [-0.25, -0.2) is 8.78 Å². The van der Waals surface area contributed by atoms with Crippen molar-refractivity contribution < 1.29 is 48.3 Å². The lowest BCUT2D eigenvalue weighted by Gasteiger charge is -2.35. The van der Waals surface area contributed by atoms with Gasteiger partial charge in [0.25, 0.3) is 0 Å². The van der Waals surface area contributed by atoms with E-state index >= 15 is 0 Å². The minimum Gasteiger partial charge on any atom is -0.207 e. The van der Waals surface area contributed by atoms with Crippen LogP contribution in [0.4, 0.5) is 48.3 Å². The molecular weight excluding hydrogens is 449 g/mol. The first-order chi connectivity index (χ1) is 14.1. The molecule has 0 aromatic heterocycles. The normalized spacial score (nSPS) is 14.8. The highest BCUT2D eigenvalue weighted by Crippen LogP contribution is 2.55. The Hall–Kier alpha value is -2.59. The van der Waals surface area contributed by atoms with Crippen LogP contribution in [0.25, 0.3) is 6.08 Å². The van der Waals surface area contributed by atoms with Gasteiger partial charge in [0.1, 0.15) is 11.6 Å². The molecule has 11 heteroatoms. The van der Waals surface area contributed by atoms with Gasteiger partial charge in [0.05, 0.1) is 0 Å². The van der Waals surface area contributed by atoms with Crippen LogP contribution < -0.4 is 0 Å². The fourth-order valence-electron chi connectivity index (χ4n) is 2.62. The van der Waals surface area contributed by atoms with Gasteiger partial charge in [-0.15, -0.1) is 0 Å². The van der Waals surface area contributed by atoms with Crippen LogP contribution in [-0.2, 0) is 0 Å². The van der Waals surface area contributed by atoms with E-state index in [1.54, 1.807) is 0 Å². The van der Waals surface area contributed by atoms with E-state index in [9.17, 15) is 48.3 Å². The molecule has 1 atom stereocenters. The molecule has 2 aromatic carbocycles. The van der Waals surface area contributed by atoms with Crippen LogP contribution in [0, 0.1) is 11.6 Å². The van der Waals surface area contributed by atoms with Crippen molar-refractivity contribution in [3.05, 3.63) is 77.4 Å². The van der Waals surface area contributed by atoms with Crippen LogP contribution in [-0.4, -0.2) is 23.9 Å². The molecule has 0 amide bonds. The molecule has 0 spiro atoms. The second-order valence-electron chi connectivity index (χ2n) is 6.62. The van der Waals surface area contributed by atoms with Gasteiger partial charge in [-0.05, 0) is 35.4 Å². The van der Waals surface area contributed by atoms with Gasteiger partial charge in [-0.3, -0.25) is 0 Å².